The Morgan fingerprint density at radius 2 is 2.07 bits per heavy atom. The molecule has 0 fully saturated rings. The molecule has 0 aromatic heterocycles. The number of hydrogen-bond donors (Lipinski definition) is 4. The number of benzene rings is 1. The zero-order chi connectivity index (χ0) is 20.8. The Kier molecular flexibility index (Phi) is 7.65. The monoisotopic (exact) mass is 392 g/mol. The van der Waals surface area contributed by atoms with E-state index in [9.17, 15) is 14.7 Å². The topological polar surface area (TPSA) is 103 Å². The van der Waals surface area contributed by atoms with E-state index in [1.54, 1.807) is 23.1 Å². The Morgan fingerprint density at radius 3 is 2.68 bits per heavy atom. The summed E-state index contributed by atoms with van der Waals surface area (Å²) in [4.78, 5) is 26.9. The van der Waals surface area contributed by atoms with E-state index in [-0.39, 0.29) is 42.7 Å². The first-order chi connectivity index (χ1) is 13.3. The molecule has 0 unspecified atom stereocenters. The molecule has 1 aromatic carbocycles. The summed E-state index contributed by atoms with van der Waals surface area (Å²) in [5, 5.41) is 18.3. The molecule has 3 amide bonds. The van der Waals surface area contributed by atoms with Gasteiger partial charge in [0.25, 0.3) is 5.91 Å². The van der Waals surface area contributed by atoms with Crippen molar-refractivity contribution >= 4 is 17.6 Å². The lowest BCUT2D eigenvalue weighted by atomic mass is 9.99. The molecule has 2 rings (SSSR count). The Bertz CT molecular complexity index is 695. The molecule has 0 spiro atoms. The largest absolute Gasteiger partial charge is 0.488 e. The van der Waals surface area contributed by atoms with Gasteiger partial charge < -0.3 is 30.7 Å². The molecule has 0 aliphatic carbocycles. The van der Waals surface area contributed by atoms with Crippen LogP contribution in [-0.2, 0) is 0 Å². The molecule has 0 saturated carbocycles. The minimum Gasteiger partial charge on any atom is -0.488 e. The Balaban J connectivity index is 2.39. The molecular formula is C20H32N4O4. The number of amides is 3. The Hall–Kier alpha value is -2.32. The van der Waals surface area contributed by atoms with E-state index < -0.39 is 0 Å². The normalized spacial score (nSPS) is 20.7. The molecule has 4 N–H and O–H groups in total. The predicted octanol–water partition coefficient (Wildman–Crippen LogP) is 1.66. The van der Waals surface area contributed by atoms with Crippen LogP contribution >= 0.6 is 0 Å². The van der Waals surface area contributed by atoms with Gasteiger partial charge in [-0.15, -0.1) is 0 Å². The lowest BCUT2D eigenvalue weighted by molar-refractivity contribution is 0.0416. The van der Waals surface area contributed by atoms with Gasteiger partial charge in [0.1, 0.15) is 11.9 Å². The first-order valence-electron chi connectivity index (χ1n) is 9.71. The quantitative estimate of drug-likeness (QED) is 0.590. The summed E-state index contributed by atoms with van der Waals surface area (Å²) in [6.07, 6.45) is -0.131. The van der Waals surface area contributed by atoms with Gasteiger partial charge in [-0.2, -0.15) is 0 Å². The molecule has 8 heteroatoms. The highest BCUT2D eigenvalue weighted by atomic mass is 16.5. The fourth-order valence-corrected chi connectivity index (χ4v) is 3.17. The molecule has 8 nitrogen and oxygen atoms in total. The van der Waals surface area contributed by atoms with Gasteiger partial charge in [0.15, 0.2) is 0 Å². The van der Waals surface area contributed by atoms with Crippen LogP contribution in [0.15, 0.2) is 18.2 Å². The maximum Gasteiger partial charge on any atom is 0.319 e. The lowest BCUT2D eigenvalue weighted by Crippen LogP contribution is -2.49. The van der Waals surface area contributed by atoms with Crippen molar-refractivity contribution in [2.75, 3.05) is 32.1 Å². The van der Waals surface area contributed by atoms with Gasteiger partial charge in [-0.1, -0.05) is 6.92 Å². The summed E-state index contributed by atoms with van der Waals surface area (Å²) in [6, 6.07) is 4.39. The maximum absolute atomic E-state index is 13.2. The summed E-state index contributed by atoms with van der Waals surface area (Å²) in [5.74, 6) is 0.328. The number of aliphatic hydroxyl groups is 1. The number of likely N-dealkylation sites (N-methyl/N-ethyl adjacent to an activating group) is 1. The fourth-order valence-electron chi connectivity index (χ4n) is 3.17. The summed E-state index contributed by atoms with van der Waals surface area (Å²) in [6.45, 7) is 8.57. The minimum absolute atomic E-state index is 0.000935. The summed E-state index contributed by atoms with van der Waals surface area (Å²) >= 11 is 0. The molecule has 1 heterocycles. The number of anilines is 1. The molecule has 3 atom stereocenters. The zero-order valence-electron chi connectivity index (χ0n) is 17.3. The van der Waals surface area contributed by atoms with Crippen molar-refractivity contribution in [3.05, 3.63) is 23.8 Å². The van der Waals surface area contributed by atoms with Crippen LogP contribution in [0.4, 0.5) is 10.5 Å². The third-order valence-corrected chi connectivity index (χ3v) is 4.75. The van der Waals surface area contributed by atoms with Crippen LogP contribution in [0, 0.1) is 5.92 Å². The Morgan fingerprint density at radius 1 is 1.36 bits per heavy atom. The van der Waals surface area contributed by atoms with E-state index in [0.717, 1.165) is 0 Å². The molecule has 0 bridgehead atoms. The highest BCUT2D eigenvalue weighted by molar-refractivity contribution is 5.99. The predicted molar refractivity (Wildman–Crippen MR) is 109 cm³/mol. The second-order valence-electron chi connectivity index (χ2n) is 7.64. The molecule has 1 aliphatic heterocycles. The SMILES string of the molecule is CNC[C@@H]1Oc2ccc(NC(=O)NC(C)C)cc2C(=O)N([C@H](C)CO)C[C@@H]1C. The summed E-state index contributed by atoms with van der Waals surface area (Å²) < 4.78 is 6.15. The number of fused-ring (bicyclic) bond motifs is 1. The van der Waals surface area contributed by atoms with E-state index in [2.05, 4.69) is 16.0 Å². The van der Waals surface area contributed by atoms with Crippen LogP contribution in [0.5, 0.6) is 5.75 Å². The van der Waals surface area contributed by atoms with Crippen LogP contribution < -0.4 is 20.7 Å². The molecule has 0 saturated heterocycles. The minimum atomic E-state index is -0.337. The fraction of sp³-hybridized carbons (Fsp3) is 0.600. The van der Waals surface area contributed by atoms with Crippen molar-refractivity contribution in [2.24, 2.45) is 5.92 Å². The molecular weight excluding hydrogens is 360 g/mol. The highest BCUT2D eigenvalue weighted by Crippen LogP contribution is 2.30. The molecule has 1 aliphatic rings. The number of hydrogen-bond acceptors (Lipinski definition) is 5. The molecule has 156 valence electrons. The highest BCUT2D eigenvalue weighted by Gasteiger charge is 2.32. The average molecular weight is 393 g/mol. The van der Waals surface area contributed by atoms with Crippen molar-refractivity contribution in [3.8, 4) is 5.75 Å². The van der Waals surface area contributed by atoms with E-state index >= 15 is 0 Å². The average Bonchev–Trinajstić information content (AvgIpc) is 2.63. The third kappa shape index (κ3) is 5.36. The van der Waals surface area contributed by atoms with Crippen molar-refractivity contribution in [3.63, 3.8) is 0 Å². The van der Waals surface area contributed by atoms with Crippen molar-refractivity contribution in [1.29, 1.82) is 0 Å². The van der Waals surface area contributed by atoms with Gasteiger partial charge in [-0.25, -0.2) is 4.79 Å². The molecule has 0 radical (unpaired) electrons. The van der Waals surface area contributed by atoms with E-state index in [0.29, 0.717) is 30.1 Å². The van der Waals surface area contributed by atoms with Crippen LogP contribution in [-0.4, -0.2) is 66.9 Å². The van der Waals surface area contributed by atoms with Crippen LogP contribution in [0.1, 0.15) is 38.1 Å². The first kappa shape index (κ1) is 22.0. The van der Waals surface area contributed by atoms with Crippen LogP contribution in [0.2, 0.25) is 0 Å². The smallest absolute Gasteiger partial charge is 0.319 e. The van der Waals surface area contributed by atoms with E-state index in [4.69, 9.17) is 4.74 Å². The zero-order valence-corrected chi connectivity index (χ0v) is 17.3. The van der Waals surface area contributed by atoms with Crippen molar-refractivity contribution < 1.29 is 19.4 Å². The van der Waals surface area contributed by atoms with Gasteiger partial charge >= 0.3 is 6.03 Å². The van der Waals surface area contributed by atoms with E-state index in [1.807, 2.05) is 34.7 Å². The Labute approximate surface area is 166 Å². The van der Waals surface area contributed by atoms with Crippen LogP contribution in [0.25, 0.3) is 0 Å². The number of aliphatic hydroxyl groups excluding tert-OH is 1. The number of nitrogens with zero attached hydrogens (tertiary/aromatic N) is 1. The standard InChI is InChI=1S/C20H32N4O4/c1-12(2)22-20(27)23-15-6-7-17-16(8-15)19(26)24(14(4)11-25)10-13(3)18(28-17)9-21-5/h6-8,12-14,18,21,25H,9-11H2,1-5H3,(H2,22,23,27)/t13-,14+,18-/m0/s1. The summed E-state index contributed by atoms with van der Waals surface area (Å²) in [5.41, 5.74) is 0.875. The molecule has 28 heavy (non-hydrogen) atoms. The second-order valence-corrected chi connectivity index (χ2v) is 7.64. The molecule has 1 aromatic rings. The summed E-state index contributed by atoms with van der Waals surface area (Å²) in [7, 11) is 1.86. The van der Waals surface area contributed by atoms with Gasteiger partial charge in [0.2, 0.25) is 0 Å². The first-order valence-corrected chi connectivity index (χ1v) is 9.71. The van der Waals surface area contributed by atoms with Gasteiger partial charge in [-0.3, -0.25) is 4.79 Å². The third-order valence-electron chi connectivity index (χ3n) is 4.75. The second kappa shape index (κ2) is 9.75. The van der Waals surface area contributed by atoms with E-state index in [1.165, 1.54) is 0 Å². The van der Waals surface area contributed by atoms with Gasteiger partial charge in [0.05, 0.1) is 18.2 Å². The number of carbonyl (C=O) groups excluding carboxylic acids is 2. The number of urea groups is 1. The number of rotatable bonds is 6. The van der Waals surface area contributed by atoms with Crippen LogP contribution in [0.3, 0.4) is 0 Å². The van der Waals surface area contributed by atoms with Gasteiger partial charge in [-0.05, 0) is 46.0 Å². The number of ether oxygens (including phenoxy) is 1. The van der Waals surface area contributed by atoms with Crippen molar-refractivity contribution in [2.45, 2.75) is 45.9 Å². The van der Waals surface area contributed by atoms with Gasteiger partial charge in [0, 0.05) is 30.7 Å². The number of nitrogens with one attached hydrogen (secondary N) is 3. The lowest BCUT2D eigenvalue weighted by Gasteiger charge is -2.37. The maximum atomic E-state index is 13.2. The number of carbonyl (C=O) groups is 2. The van der Waals surface area contributed by atoms with Crippen molar-refractivity contribution in [1.82, 2.24) is 15.5 Å².